The van der Waals surface area contributed by atoms with Crippen LogP contribution in [-0.4, -0.2) is 14.9 Å². The molecule has 0 amide bonds. The van der Waals surface area contributed by atoms with E-state index in [4.69, 9.17) is 7.85 Å². The van der Waals surface area contributed by atoms with Crippen molar-refractivity contribution in [2.75, 3.05) is 12.4 Å². The lowest BCUT2D eigenvalue weighted by Gasteiger charge is -2.01. The van der Waals surface area contributed by atoms with E-state index >= 15 is 0 Å². The van der Waals surface area contributed by atoms with Crippen LogP contribution in [0.25, 0.3) is 0 Å². The summed E-state index contributed by atoms with van der Waals surface area (Å²) in [7, 11) is 7.42. The second kappa shape index (κ2) is 2.58. The predicted molar refractivity (Wildman–Crippen MR) is 41.4 cm³/mol. The fourth-order valence-electron chi connectivity index (χ4n) is 0.725. The molecule has 0 spiro atoms. The van der Waals surface area contributed by atoms with Crippen LogP contribution < -0.4 is 10.8 Å². The molecule has 1 N–H and O–H groups in total. The molecule has 0 aliphatic heterocycles. The summed E-state index contributed by atoms with van der Waals surface area (Å²) in [5, 5.41) is 2.97. The Bertz CT molecular complexity index is 198. The second-order valence-electron chi connectivity index (χ2n) is 1.84. The molecule has 2 heteroatoms. The van der Waals surface area contributed by atoms with Crippen molar-refractivity contribution in [1.29, 1.82) is 0 Å². The fraction of sp³-hybridized carbons (Fsp3) is 0.143. The van der Waals surface area contributed by atoms with Crippen molar-refractivity contribution in [2.45, 2.75) is 0 Å². The summed E-state index contributed by atoms with van der Waals surface area (Å²) in [6.45, 7) is 0. The van der Waals surface area contributed by atoms with Gasteiger partial charge in [-0.05, 0) is 6.07 Å². The van der Waals surface area contributed by atoms with Gasteiger partial charge in [0.15, 0.2) is 0 Å². The molecular weight excluding hydrogens is 109 g/mol. The topological polar surface area (TPSA) is 12.0 Å². The van der Waals surface area contributed by atoms with Gasteiger partial charge in [0.05, 0.1) is 0 Å². The summed E-state index contributed by atoms with van der Waals surface area (Å²) < 4.78 is 0. The van der Waals surface area contributed by atoms with Crippen molar-refractivity contribution in [3.63, 3.8) is 0 Å². The van der Waals surface area contributed by atoms with E-state index in [-0.39, 0.29) is 0 Å². The van der Waals surface area contributed by atoms with E-state index in [1.165, 1.54) is 0 Å². The first kappa shape index (κ1) is 6.21. The van der Waals surface area contributed by atoms with Gasteiger partial charge >= 0.3 is 0 Å². The number of hydrogen-bond acceptors (Lipinski definition) is 1. The first-order valence-electron chi connectivity index (χ1n) is 2.87. The molecule has 1 aromatic rings. The molecule has 0 atom stereocenters. The molecule has 0 aromatic heterocycles. The Kier molecular flexibility index (Phi) is 1.78. The molecule has 1 nitrogen and oxygen atoms in total. The second-order valence-corrected chi connectivity index (χ2v) is 1.84. The summed E-state index contributed by atoms with van der Waals surface area (Å²) in [6, 6.07) is 7.67. The number of hydrogen-bond donors (Lipinski definition) is 1. The third-order valence-corrected chi connectivity index (χ3v) is 1.23. The Morgan fingerprint density at radius 3 is 2.44 bits per heavy atom. The molecule has 0 aliphatic rings. The SMILES string of the molecule is [B]c1ccccc1NC. The average molecular weight is 117 g/mol. The minimum Gasteiger partial charge on any atom is -0.389 e. The first-order chi connectivity index (χ1) is 4.34. The smallest absolute Gasteiger partial charge is 0.116 e. The zero-order valence-corrected chi connectivity index (χ0v) is 5.39. The third-order valence-electron chi connectivity index (χ3n) is 1.23. The molecule has 0 bridgehead atoms. The van der Waals surface area contributed by atoms with Gasteiger partial charge in [0.1, 0.15) is 7.85 Å². The lowest BCUT2D eigenvalue weighted by molar-refractivity contribution is 1.54. The largest absolute Gasteiger partial charge is 0.389 e. The normalized spacial score (nSPS) is 9.00. The molecule has 2 radical (unpaired) electrons. The lowest BCUT2D eigenvalue weighted by atomic mass is 9.94. The summed E-state index contributed by atoms with van der Waals surface area (Å²) >= 11 is 0. The van der Waals surface area contributed by atoms with Gasteiger partial charge in [-0.25, -0.2) is 0 Å². The minimum atomic E-state index is 0.792. The highest BCUT2D eigenvalue weighted by molar-refractivity contribution is 6.35. The monoisotopic (exact) mass is 117 g/mol. The molecule has 9 heavy (non-hydrogen) atoms. The van der Waals surface area contributed by atoms with Crippen LogP contribution in [0.5, 0.6) is 0 Å². The molecular formula is C7H8BN. The van der Waals surface area contributed by atoms with Gasteiger partial charge in [0, 0.05) is 12.7 Å². The molecule has 0 heterocycles. The zero-order chi connectivity index (χ0) is 6.69. The van der Waals surface area contributed by atoms with E-state index in [1.807, 2.05) is 31.3 Å². The van der Waals surface area contributed by atoms with Gasteiger partial charge < -0.3 is 5.32 Å². The molecule has 0 saturated carbocycles. The van der Waals surface area contributed by atoms with Crippen LogP contribution in [0.4, 0.5) is 5.69 Å². The Morgan fingerprint density at radius 1 is 1.33 bits per heavy atom. The standard InChI is InChI=1S/C7H8BN/c1-9-7-5-3-2-4-6(7)8/h2-5,9H,1H3. The van der Waals surface area contributed by atoms with Crippen molar-refractivity contribution in [3.8, 4) is 0 Å². The van der Waals surface area contributed by atoms with Crippen LogP contribution in [0.2, 0.25) is 0 Å². The van der Waals surface area contributed by atoms with Crippen LogP contribution in [0, 0.1) is 0 Å². The summed E-state index contributed by atoms with van der Waals surface area (Å²) in [4.78, 5) is 0. The van der Waals surface area contributed by atoms with Crippen LogP contribution >= 0.6 is 0 Å². The number of para-hydroxylation sites is 1. The number of anilines is 1. The number of rotatable bonds is 1. The van der Waals surface area contributed by atoms with E-state index in [0.29, 0.717) is 0 Å². The van der Waals surface area contributed by atoms with Crippen molar-refractivity contribution < 1.29 is 0 Å². The highest BCUT2D eigenvalue weighted by atomic mass is 14.8. The van der Waals surface area contributed by atoms with Gasteiger partial charge in [0.25, 0.3) is 0 Å². The van der Waals surface area contributed by atoms with Gasteiger partial charge in [0.2, 0.25) is 0 Å². The van der Waals surface area contributed by atoms with E-state index in [2.05, 4.69) is 5.32 Å². The maximum Gasteiger partial charge on any atom is 0.116 e. The van der Waals surface area contributed by atoms with Crippen molar-refractivity contribution >= 4 is 19.0 Å². The van der Waals surface area contributed by atoms with E-state index in [0.717, 1.165) is 11.2 Å². The first-order valence-corrected chi connectivity index (χ1v) is 2.87. The summed E-state index contributed by atoms with van der Waals surface area (Å²) in [5.41, 5.74) is 1.78. The Hall–Kier alpha value is -0.915. The third kappa shape index (κ3) is 1.25. The van der Waals surface area contributed by atoms with Crippen molar-refractivity contribution in [1.82, 2.24) is 0 Å². The molecule has 0 fully saturated rings. The molecule has 0 saturated heterocycles. The van der Waals surface area contributed by atoms with Crippen LogP contribution in [0.3, 0.4) is 0 Å². The van der Waals surface area contributed by atoms with Crippen molar-refractivity contribution in [3.05, 3.63) is 24.3 Å². The minimum absolute atomic E-state index is 0.792. The van der Waals surface area contributed by atoms with Crippen LogP contribution in [0.15, 0.2) is 24.3 Å². The molecule has 0 aliphatic carbocycles. The van der Waals surface area contributed by atoms with Gasteiger partial charge in [-0.3, -0.25) is 0 Å². The van der Waals surface area contributed by atoms with E-state index in [9.17, 15) is 0 Å². The zero-order valence-electron chi connectivity index (χ0n) is 5.39. The van der Waals surface area contributed by atoms with Gasteiger partial charge in [-0.1, -0.05) is 23.7 Å². The molecule has 0 unspecified atom stereocenters. The van der Waals surface area contributed by atoms with Crippen LogP contribution in [0.1, 0.15) is 0 Å². The highest BCUT2D eigenvalue weighted by Gasteiger charge is 1.88. The number of benzene rings is 1. The Labute approximate surface area is 56.5 Å². The maximum absolute atomic E-state index is 5.57. The fourth-order valence-corrected chi connectivity index (χ4v) is 0.725. The molecule has 1 rings (SSSR count). The van der Waals surface area contributed by atoms with E-state index in [1.54, 1.807) is 0 Å². The highest BCUT2D eigenvalue weighted by Crippen LogP contribution is 1.97. The predicted octanol–water partition coefficient (Wildman–Crippen LogP) is 0.522. The lowest BCUT2D eigenvalue weighted by Crippen LogP contribution is -2.07. The Balaban J connectivity index is 3.01. The average Bonchev–Trinajstić information content (AvgIpc) is 1.89. The molecule has 44 valence electrons. The molecule has 1 aromatic carbocycles. The van der Waals surface area contributed by atoms with Crippen molar-refractivity contribution in [2.24, 2.45) is 0 Å². The quantitative estimate of drug-likeness (QED) is 0.528. The van der Waals surface area contributed by atoms with Crippen LogP contribution in [-0.2, 0) is 0 Å². The maximum atomic E-state index is 5.57. The van der Waals surface area contributed by atoms with Gasteiger partial charge in [-0.15, -0.1) is 0 Å². The van der Waals surface area contributed by atoms with Gasteiger partial charge in [-0.2, -0.15) is 0 Å². The Morgan fingerprint density at radius 2 is 2.00 bits per heavy atom. The number of nitrogens with one attached hydrogen (secondary N) is 1. The summed E-state index contributed by atoms with van der Waals surface area (Å²) in [6.07, 6.45) is 0. The van der Waals surface area contributed by atoms with E-state index < -0.39 is 0 Å². The summed E-state index contributed by atoms with van der Waals surface area (Å²) in [5.74, 6) is 0.